The number of benzene rings is 2. The van der Waals surface area contributed by atoms with Crippen molar-refractivity contribution in [2.75, 3.05) is 19.5 Å². The Morgan fingerprint density at radius 2 is 1.70 bits per heavy atom. The van der Waals surface area contributed by atoms with E-state index in [0.717, 1.165) is 10.0 Å². The molecule has 0 radical (unpaired) electrons. The first kappa shape index (κ1) is 24.7. The van der Waals surface area contributed by atoms with Crippen LogP contribution >= 0.6 is 27.3 Å². The lowest BCUT2D eigenvalue weighted by Crippen LogP contribution is -2.47. The Kier molecular flexibility index (Phi) is 8.40. The third-order valence-electron chi connectivity index (χ3n) is 5.14. The maximum Gasteiger partial charge on any atom is 0.252 e. The summed E-state index contributed by atoms with van der Waals surface area (Å²) in [6, 6.07) is 11.8. The highest BCUT2D eigenvalue weighted by atomic mass is 79.9. The zero-order valence-electron chi connectivity index (χ0n) is 18.7. The molecule has 0 fully saturated rings. The fraction of sp³-hybridized carbons (Fsp3) is 0.304. The standard InChI is InChI=1S/C23H25BrN4O4S/c1-5-13(2)19(25-20(29)15-10-17(31-3)12-18(11-15)32-4)21(30)26-23-28-27-22(33-23)14-6-8-16(24)9-7-14/h6-13,19H,5H2,1-4H3,(H,25,29)(H,26,28,30)/t13-,19-/m0/s1. The van der Waals surface area contributed by atoms with E-state index in [1.165, 1.54) is 25.6 Å². The van der Waals surface area contributed by atoms with Crippen LogP contribution < -0.4 is 20.1 Å². The quantitative estimate of drug-likeness (QED) is 0.411. The summed E-state index contributed by atoms with van der Waals surface area (Å²) in [4.78, 5) is 26.0. The number of ether oxygens (including phenoxy) is 2. The van der Waals surface area contributed by atoms with E-state index >= 15 is 0 Å². The number of rotatable bonds is 9. The van der Waals surface area contributed by atoms with Crippen LogP contribution in [0.5, 0.6) is 11.5 Å². The first-order valence-corrected chi connectivity index (χ1v) is 11.9. The van der Waals surface area contributed by atoms with Crippen LogP contribution in [0.2, 0.25) is 0 Å². The van der Waals surface area contributed by atoms with E-state index in [1.54, 1.807) is 18.2 Å². The van der Waals surface area contributed by atoms with Crippen LogP contribution in [0.1, 0.15) is 30.6 Å². The van der Waals surface area contributed by atoms with Crippen LogP contribution in [-0.2, 0) is 4.79 Å². The molecular weight excluding hydrogens is 508 g/mol. The summed E-state index contributed by atoms with van der Waals surface area (Å²) in [7, 11) is 3.02. The zero-order valence-corrected chi connectivity index (χ0v) is 21.1. The lowest BCUT2D eigenvalue weighted by molar-refractivity contribution is -0.119. The van der Waals surface area contributed by atoms with Crippen molar-refractivity contribution < 1.29 is 19.1 Å². The molecule has 33 heavy (non-hydrogen) atoms. The van der Waals surface area contributed by atoms with Crippen molar-refractivity contribution in [1.82, 2.24) is 15.5 Å². The number of anilines is 1. The van der Waals surface area contributed by atoms with Crippen LogP contribution in [0.3, 0.4) is 0 Å². The van der Waals surface area contributed by atoms with Crippen molar-refractivity contribution in [1.29, 1.82) is 0 Å². The highest BCUT2D eigenvalue weighted by Gasteiger charge is 2.27. The molecule has 2 N–H and O–H groups in total. The van der Waals surface area contributed by atoms with Gasteiger partial charge in [0.05, 0.1) is 14.2 Å². The molecule has 8 nitrogen and oxygen atoms in total. The molecule has 3 aromatic rings. The number of carbonyl (C=O) groups is 2. The van der Waals surface area contributed by atoms with E-state index in [1.807, 2.05) is 38.1 Å². The molecule has 10 heteroatoms. The van der Waals surface area contributed by atoms with Crippen molar-refractivity contribution in [3.63, 3.8) is 0 Å². The van der Waals surface area contributed by atoms with Crippen LogP contribution in [-0.4, -0.2) is 42.3 Å². The summed E-state index contributed by atoms with van der Waals surface area (Å²) in [6.07, 6.45) is 0.695. The Morgan fingerprint density at radius 3 is 2.27 bits per heavy atom. The van der Waals surface area contributed by atoms with E-state index < -0.39 is 11.9 Å². The van der Waals surface area contributed by atoms with E-state index in [-0.39, 0.29) is 11.8 Å². The highest BCUT2D eigenvalue weighted by molar-refractivity contribution is 9.10. The number of hydrogen-bond acceptors (Lipinski definition) is 7. The Balaban J connectivity index is 1.76. The molecule has 2 aromatic carbocycles. The molecule has 0 unspecified atom stereocenters. The Hall–Kier alpha value is -2.98. The summed E-state index contributed by atoms with van der Waals surface area (Å²) in [5.74, 6) is 0.101. The van der Waals surface area contributed by atoms with Crippen molar-refractivity contribution in [3.05, 3.63) is 52.5 Å². The summed E-state index contributed by atoms with van der Waals surface area (Å²) in [5.41, 5.74) is 1.23. The minimum atomic E-state index is -0.764. The molecule has 174 valence electrons. The van der Waals surface area contributed by atoms with Crippen LogP contribution in [0, 0.1) is 5.92 Å². The predicted octanol–water partition coefficient (Wildman–Crippen LogP) is 4.77. The van der Waals surface area contributed by atoms with Crippen LogP contribution in [0.25, 0.3) is 10.6 Å². The van der Waals surface area contributed by atoms with Gasteiger partial charge in [0.15, 0.2) is 0 Å². The number of hydrogen-bond donors (Lipinski definition) is 2. The number of nitrogens with one attached hydrogen (secondary N) is 2. The Labute approximate surface area is 204 Å². The molecule has 0 aliphatic rings. The van der Waals surface area contributed by atoms with Crippen molar-refractivity contribution >= 4 is 44.2 Å². The fourth-order valence-corrected chi connectivity index (χ4v) is 4.05. The van der Waals surface area contributed by atoms with Crippen LogP contribution in [0.15, 0.2) is 46.9 Å². The molecule has 0 aliphatic heterocycles. The number of amides is 2. The average molecular weight is 533 g/mol. The number of carbonyl (C=O) groups excluding carboxylic acids is 2. The van der Waals surface area contributed by atoms with Gasteiger partial charge >= 0.3 is 0 Å². The Bertz CT molecular complexity index is 1100. The third-order valence-corrected chi connectivity index (χ3v) is 6.56. The Morgan fingerprint density at radius 1 is 1.06 bits per heavy atom. The maximum absolute atomic E-state index is 13.1. The van der Waals surface area contributed by atoms with E-state index in [0.29, 0.717) is 33.6 Å². The number of halogens is 1. The van der Waals surface area contributed by atoms with Gasteiger partial charge in [0, 0.05) is 21.7 Å². The zero-order chi connectivity index (χ0) is 24.0. The molecule has 2 atom stereocenters. The second-order valence-corrected chi connectivity index (χ2v) is 9.24. The molecule has 0 spiro atoms. The van der Waals surface area contributed by atoms with Gasteiger partial charge in [-0.1, -0.05) is 59.7 Å². The molecule has 1 heterocycles. The number of nitrogens with zero attached hydrogens (tertiary/aromatic N) is 2. The molecule has 3 rings (SSSR count). The molecule has 0 bridgehead atoms. The smallest absolute Gasteiger partial charge is 0.252 e. The van der Waals surface area contributed by atoms with Gasteiger partial charge in [-0.25, -0.2) is 0 Å². The van der Waals surface area contributed by atoms with Gasteiger partial charge in [-0.3, -0.25) is 14.9 Å². The van der Waals surface area contributed by atoms with Crippen molar-refractivity contribution in [2.45, 2.75) is 26.3 Å². The van der Waals surface area contributed by atoms with Gasteiger partial charge in [-0.2, -0.15) is 0 Å². The van der Waals surface area contributed by atoms with Gasteiger partial charge < -0.3 is 14.8 Å². The summed E-state index contributed by atoms with van der Waals surface area (Å²) in [6.45, 7) is 3.87. The maximum atomic E-state index is 13.1. The number of methoxy groups -OCH3 is 2. The second-order valence-electron chi connectivity index (χ2n) is 7.35. The average Bonchev–Trinajstić information content (AvgIpc) is 3.30. The van der Waals surface area contributed by atoms with Gasteiger partial charge in [-0.15, -0.1) is 10.2 Å². The number of aromatic nitrogens is 2. The van der Waals surface area contributed by atoms with Crippen LogP contribution in [0.4, 0.5) is 5.13 Å². The third kappa shape index (κ3) is 6.29. The first-order valence-electron chi connectivity index (χ1n) is 10.3. The van der Waals surface area contributed by atoms with Gasteiger partial charge in [0.2, 0.25) is 11.0 Å². The monoisotopic (exact) mass is 532 g/mol. The topological polar surface area (TPSA) is 102 Å². The SMILES string of the molecule is CC[C@H](C)[C@H](NC(=O)c1cc(OC)cc(OC)c1)C(=O)Nc1nnc(-c2ccc(Br)cc2)s1. The van der Waals surface area contributed by atoms with Crippen molar-refractivity contribution in [3.8, 4) is 22.1 Å². The molecule has 0 aliphatic carbocycles. The predicted molar refractivity (Wildman–Crippen MR) is 132 cm³/mol. The van der Waals surface area contributed by atoms with Gasteiger partial charge in [-0.05, 0) is 30.2 Å². The minimum absolute atomic E-state index is 0.111. The fourth-order valence-electron chi connectivity index (χ4n) is 3.03. The molecule has 0 saturated carbocycles. The van der Waals surface area contributed by atoms with Gasteiger partial charge in [0.25, 0.3) is 5.91 Å². The molecule has 1 aromatic heterocycles. The summed E-state index contributed by atoms with van der Waals surface area (Å²) >= 11 is 4.67. The van der Waals surface area contributed by atoms with Crippen molar-refractivity contribution in [2.24, 2.45) is 5.92 Å². The molecule has 2 amide bonds. The minimum Gasteiger partial charge on any atom is -0.497 e. The molecular formula is C23H25BrN4O4S. The lowest BCUT2D eigenvalue weighted by Gasteiger charge is -2.23. The first-order chi connectivity index (χ1) is 15.8. The normalized spacial score (nSPS) is 12.5. The largest absolute Gasteiger partial charge is 0.497 e. The summed E-state index contributed by atoms with van der Waals surface area (Å²) < 4.78 is 11.4. The van der Waals surface area contributed by atoms with Gasteiger partial charge in [0.1, 0.15) is 22.5 Å². The summed E-state index contributed by atoms with van der Waals surface area (Å²) in [5, 5.41) is 14.9. The van der Waals surface area contributed by atoms with E-state index in [9.17, 15) is 9.59 Å². The molecule has 0 saturated heterocycles. The lowest BCUT2D eigenvalue weighted by atomic mass is 9.98. The second kappa shape index (κ2) is 11.2. The highest BCUT2D eigenvalue weighted by Crippen LogP contribution is 2.28. The van der Waals surface area contributed by atoms with E-state index in [2.05, 4.69) is 36.8 Å². The van der Waals surface area contributed by atoms with E-state index in [4.69, 9.17) is 9.47 Å².